The monoisotopic (exact) mass is 597 g/mol. The summed E-state index contributed by atoms with van der Waals surface area (Å²) in [7, 11) is 1.48. The van der Waals surface area contributed by atoms with Crippen molar-refractivity contribution in [1.29, 1.82) is 0 Å². The largest absolute Gasteiger partial charge is 0.494 e. The molecule has 45 heavy (non-hydrogen) atoms. The molecular weight excluding hydrogens is 569 g/mol. The van der Waals surface area contributed by atoms with Gasteiger partial charge in [-0.1, -0.05) is 103 Å². The number of ether oxygens (including phenoxy) is 2. The van der Waals surface area contributed by atoms with Crippen LogP contribution in [0, 0.1) is 5.82 Å². The highest BCUT2D eigenvalue weighted by molar-refractivity contribution is 6.26. The number of hydrogen-bond acceptors (Lipinski definition) is 5. The summed E-state index contributed by atoms with van der Waals surface area (Å²) in [5.41, 5.74) is 4.51. The summed E-state index contributed by atoms with van der Waals surface area (Å²) in [5, 5.41) is 0. The highest BCUT2D eigenvalue weighted by Gasteiger charge is 2.44. The molecule has 222 valence electrons. The maximum atomic E-state index is 14.2. The fourth-order valence-corrected chi connectivity index (χ4v) is 5.85. The number of aromatic nitrogens is 2. The first-order valence-electron chi connectivity index (χ1n) is 14.5. The number of benzene rings is 5. The van der Waals surface area contributed by atoms with E-state index in [-0.39, 0.29) is 29.2 Å². The second kappa shape index (κ2) is 11.7. The number of nitrogens with zero attached hydrogens (tertiary/aromatic N) is 3. The minimum atomic E-state index is -0.610. The third kappa shape index (κ3) is 5.10. The number of imide groups is 1. The SMILES string of the molecule is COc1c2c(c(OC(c3ccccc3)c3ccccc3)c3ncn(Cc4ccccc4)c13)C(=O)N(Cc1ccc(F)cc1)C2=O. The molecule has 0 bridgehead atoms. The van der Waals surface area contributed by atoms with Gasteiger partial charge in [0.25, 0.3) is 11.8 Å². The molecule has 7 rings (SSSR count). The molecule has 1 aromatic heterocycles. The maximum Gasteiger partial charge on any atom is 0.265 e. The Morgan fingerprint density at radius 3 is 1.80 bits per heavy atom. The first-order valence-corrected chi connectivity index (χ1v) is 14.5. The van der Waals surface area contributed by atoms with Crippen LogP contribution in [0.5, 0.6) is 11.5 Å². The Kier molecular flexibility index (Phi) is 7.31. The molecule has 6 aromatic rings. The number of carbonyl (C=O) groups is 2. The number of hydrogen-bond donors (Lipinski definition) is 0. The average Bonchev–Trinajstić information content (AvgIpc) is 3.60. The molecule has 0 unspecified atom stereocenters. The van der Waals surface area contributed by atoms with Gasteiger partial charge in [-0.05, 0) is 34.4 Å². The summed E-state index contributed by atoms with van der Waals surface area (Å²) in [6.45, 7) is 0.409. The van der Waals surface area contributed by atoms with Gasteiger partial charge in [0.1, 0.15) is 34.1 Å². The number of imidazole rings is 1. The number of rotatable bonds is 9. The topological polar surface area (TPSA) is 73.7 Å². The van der Waals surface area contributed by atoms with Crippen molar-refractivity contribution in [2.75, 3.05) is 7.11 Å². The molecule has 0 atom stereocenters. The Bertz CT molecular complexity index is 1970. The normalized spacial score (nSPS) is 12.6. The average molecular weight is 598 g/mol. The van der Waals surface area contributed by atoms with E-state index in [1.54, 1.807) is 18.5 Å². The van der Waals surface area contributed by atoms with E-state index in [2.05, 4.69) is 0 Å². The lowest BCUT2D eigenvalue weighted by atomic mass is 10.0. The molecule has 0 saturated heterocycles. The van der Waals surface area contributed by atoms with Gasteiger partial charge in [0.15, 0.2) is 11.5 Å². The van der Waals surface area contributed by atoms with E-state index in [0.29, 0.717) is 23.1 Å². The van der Waals surface area contributed by atoms with E-state index in [9.17, 15) is 14.0 Å². The smallest absolute Gasteiger partial charge is 0.265 e. The molecule has 5 aromatic carbocycles. The maximum absolute atomic E-state index is 14.2. The van der Waals surface area contributed by atoms with E-state index in [0.717, 1.165) is 21.6 Å². The van der Waals surface area contributed by atoms with Crippen molar-refractivity contribution in [1.82, 2.24) is 14.5 Å². The van der Waals surface area contributed by atoms with Gasteiger partial charge in [0.2, 0.25) is 0 Å². The lowest BCUT2D eigenvalue weighted by Crippen LogP contribution is -2.29. The van der Waals surface area contributed by atoms with Gasteiger partial charge in [0.05, 0.1) is 20.0 Å². The van der Waals surface area contributed by atoms with E-state index >= 15 is 0 Å². The van der Waals surface area contributed by atoms with E-state index in [1.807, 2.05) is 95.6 Å². The van der Waals surface area contributed by atoms with Gasteiger partial charge >= 0.3 is 0 Å². The lowest BCUT2D eigenvalue weighted by Gasteiger charge is -2.22. The summed E-state index contributed by atoms with van der Waals surface area (Å²) >= 11 is 0. The van der Waals surface area contributed by atoms with Gasteiger partial charge in [-0.15, -0.1) is 0 Å². The quantitative estimate of drug-likeness (QED) is 0.165. The van der Waals surface area contributed by atoms with Gasteiger partial charge < -0.3 is 14.0 Å². The molecule has 1 aliphatic heterocycles. The summed E-state index contributed by atoms with van der Waals surface area (Å²) < 4.78 is 28.3. The Morgan fingerprint density at radius 2 is 1.22 bits per heavy atom. The second-order valence-electron chi connectivity index (χ2n) is 10.8. The zero-order valence-electron chi connectivity index (χ0n) is 24.4. The van der Waals surface area contributed by atoms with Crippen molar-refractivity contribution in [3.05, 3.63) is 161 Å². The van der Waals surface area contributed by atoms with Crippen LogP contribution in [-0.2, 0) is 13.1 Å². The summed E-state index contributed by atoms with van der Waals surface area (Å²) in [6, 6.07) is 35.0. The molecule has 7 nitrogen and oxygen atoms in total. The number of amides is 2. The zero-order chi connectivity index (χ0) is 30.9. The molecule has 0 fully saturated rings. The van der Waals surface area contributed by atoms with Crippen LogP contribution in [-0.4, -0.2) is 33.4 Å². The third-order valence-corrected chi connectivity index (χ3v) is 7.98. The first-order chi connectivity index (χ1) is 22.0. The molecule has 1 aliphatic rings. The number of methoxy groups -OCH3 is 1. The minimum absolute atomic E-state index is 0.0440. The highest BCUT2D eigenvalue weighted by atomic mass is 19.1. The molecule has 8 heteroatoms. The number of fused-ring (bicyclic) bond motifs is 2. The van der Waals surface area contributed by atoms with Crippen molar-refractivity contribution < 1.29 is 23.5 Å². The summed E-state index contributed by atoms with van der Waals surface area (Å²) in [6.07, 6.45) is 1.06. The van der Waals surface area contributed by atoms with Gasteiger partial charge in [0, 0.05) is 6.54 Å². The molecule has 2 heterocycles. The molecule has 2 amide bonds. The van der Waals surface area contributed by atoms with Crippen LogP contribution in [0.3, 0.4) is 0 Å². The molecule has 0 aliphatic carbocycles. The Balaban J connectivity index is 1.43. The van der Waals surface area contributed by atoms with Crippen LogP contribution < -0.4 is 9.47 Å². The molecular formula is C37H28FN3O4. The van der Waals surface area contributed by atoms with E-state index in [1.165, 1.54) is 19.2 Å². The van der Waals surface area contributed by atoms with Gasteiger partial charge in [-0.3, -0.25) is 14.5 Å². The molecule has 0 radical (unpaired) electrons. The van der Waals surface area contributed by atoms with Crippen molar-refractivity contribution in [3.8, 4) is 11.5 Å². The summed E-state index contributed by atoms with van der Waals surface area (Å²) in [4.78, 5) is 34.3. The predicted octanol–water partition coefficient (Wildman–Crippen LogP) is 7.20. The fraction of sp³-hybridized carbons (Fsp3) is 0.108. The minimum Gasteiger partial charge on any atom is -0.494 e. The highest BCUT2D eigenvalue weighted by Crippen LogP contribution is 2.47. The second-order valence-corrected chi connectivity index (χ2v) is 10.8. The Hall–Kier alpha value is -5.76. The van der Waals surface area contributed by atoms with Crippen LogP contribution in [0.25, 0.3) is 11.0 Å². The molecule has 0 spiro atoms. The van der Waals surface area contributed by atoms with Crippen LogP contribution in [0.15, 0.2) is 122 Å². The summed E-state index contributed by atoms with van der Waals surface area (Å²) in [5.74, 6) is -1.01. The molecule has 0 saturated carbocycles. The first kappa shape index (κ1) is 28.0. The Morgan fingerprint density at radius 1 is 0.689 bits per heavy atom. The predicted molar refractivity (Wildman–Crippen MR) is 168 cm³/mol. The third-order valence-electron chi connectivity index (χ3n) is 7.98. The van der Waals surface area contributed by atoms with Crippen molar-refractivity contribution in [2.24, 2.45) is 0 Å². The Labute approximate surface area is 259 Å². The van der Waals surface area contributed by atoms with Crippen LogP contribution in [0.2, 0.25) is 0 Å². The van der Waals surface area contributed by atoms with Crippen molar-refractivity contribution in [3.63, 3.8) is 0 Å². The molecule has 0 N–H and O–H groups in total. The lowest BCUT2D eigenvalue weighted by molar-refractivity contribution is 0.0640. The van der Waals surface area contributed by atoms with Crippen molar-refractivity contribution >= 4 is 22.8 Å². The van der Waals surface area contributed by atoms with E-state index < -0.39 is 23.7 Å². The van der Waals surface area contributed by atoms with Gasteiger partial charge in [-0.25, -0.2) is 9.37 Å². The van der Waals surface area contributed by atoms with Gasteiger partial charge in [-0.2, -0.15) is 0 Å². The number of carbonyl (C=O) groups excluding carboxylic acids is 2. The van der Waals surface area contributed by atoms with Crippen LogP contribution in [0.4, 0.5) is 4.39 Å². The van der Waals surface area contributed by atoms with E-state index in [4.69, 9.17) is 14.5 Å². The fourth-order valence-electron chi connectivity index (χ4n) is 5.85. The van der Waals surface area contributed by atoms with Crippen LogP contribution >= 0.6 is 0 Å². The van der Waals surface area contributed by atoms with Crippen LogP contribution in [0.1, 0.15) is 49.1 Å². The standard InChI is InChI=1S/C37H28FN3O4/c1-44-35-30-29(36(42)41(37(30)43)22-25-17-19-28(38)20-18-25)34(31-32(35)40(23-39-31)21-24-11-5-2-6-12-24)45-33(26-13-7-3-8-14-26)27-15-9-4-10-16-27/h2-20,23,33H,21-22H2,1H3. The number of halogens is 1. The zero-order valence-corrected chi connectivity index (χ0v) is 24.4. The van der Waals surface area contributed by atoms with Crippen molar-refractivity contribution in [2.45, 2.75) is 19.2 Å².